The van der Waals surface area contributed by atoms with Crippen molar-refractivity contribution in [2.75, 3.05) is 18.0 Å². The van der Waals surface area contributed by atoms with E-state index in [0.29, 0.717) is 6.54 Å². The normalized spacial score (nSPS) is 24.1. The van der Waals surface area contributed by atoms with E-state index in [4.69, 9.17) is 0 Å². The van der Waals surface area contributed by atoms with Crippen LogP contribution in [0.15, 0.2) is 63.2 Å². The van der Waals surface area contributed by atoms with Crippen LogP contribution in [-0.4, -0.2) is 29.8 Å². The van der Waals surface area contributed by atoms with E-state index < -0.39 is 0 Å². The number of aliphatic hydroxyl groups is 1. The van der Waals surface area contributed by atoms with Gasteiger partial charge in [0.1, 0.15) is 0 Å². The molecule has 0 fully saturated rings. The van der Waals surface area contributed by atoms with Crippen LogP contribution in [0.1, 0.15) is 38.2 Å². The molecule has 0 aromatic heterocycles. The van der Waals surface area contributed by atoms with Crippen molar-refractivity contribution in [3.63, 3.8) is 0 Å². The second-order valence-corrected chi connectivity index (χ2v) is 9.73. The summed E-state index contributed by atoms with van der Waals surface area (Å²) in [4.78, 5) is 2.47. The number of hydrogen-bond acceptors (Lipinski definition) is 3. The maximum atomic E-state index is 10.6. The highest BCUT2D eigenvalue weighted by atomic mass is 79.9. The largest absolute Gasteiger partial charge is 0.391 e. The number of anilines is 1. The van der Waals surface area contributed by atoms with Crippen LogP contribution in [-0.2, 0) is 0 Å². The number of rotatable bonds is 6. The highest BCUT2D eigenvalue weighted by Crippen LogP contribution is 2.52. The molecule has 1 heterocycles. The lowest BCUT2D eigenvalue weighted by Crippen LogP contribution is -2.45. The molecule has 4 rings (SSSR count). The minimum Gasteiger partial charge on any atom is -0.391 e. The minimum absolute atomic E-state index is 0.0673. The number of benzene rings is 1. The molecule has 28 heavy (non-hydrogen) atoms. The van der Waals surface area contributed by atoms with Crippen LogP contribution >= 0.6 is 31.9 Å². The van der Waals surface area contributed by atoms with Gasteiger partial charge in [0.15, 0.2) is 0 Å². The Morgan fingerprint density at radius 1 is 1.25 bits per heavy atom. The van der Waals surface area contributed by atoms with Gasteiger partial charge in [-0.15, -0.1) is 0 Å². The molecule has 1 aromatic rings. The van der Waals surface area contributed by atoms with Gasteiger partial charge in [-0.2, -0.15) is 0 Å². The first-order valence-electron chi connectivity index (χ1n) is 9.91. The highest BCUT2D eigenvalue weighted by molar-refractivity contribution is 9.12. The van der Waals surface area contributed by atoms with Crippen molar-refractivity contribution >= 4 is 43.1 Å². The van der Waals surface area contributed by atoms with Gasteiger partial charge in [0.05, 0.1) is 11.6 Å². The van der Waals surface area contributed by atoms with Gasteiger partial charge in [0.2, 0.25) is 0 Å². The van der Waals surface area contributed by atoms with Crippen LogP contribution in [0.25, 0.3) is 5.57 Å². The molecule has 1 aromatic carbocycles. The quantitative estimate of drug-likeness (QED) is 0.523. The molecular formula is C23H26Br2N2O. The third-order valence-electron chi connectivity index (χ3n) is 5.92. The average Bonchev–Trinajstić information content (AvgIpc) is 2.93. The van der Waals surface area contributed by atoms with Gasteiger partial charge < -0.3 is 15.3 Å². The van der Waals surface area contributed by atoms with Crippen LogP contribution in [0.4, 0.5) is 5.69 Å². The van der Waals surface area contributed by atoms with Crippen LogP contribution in [0, 0.1) is 0 Å². The predicted molar refractivity (Wildman–Crippen MR) is 125 cm³/mol. The van der Waals surface area contributed by atoms with Crippen molar-refractivity contribution in [3.05, 3.63) is 68.8 Å². The Hall–Kier alpha value is -1.30. The van der Waals surface area contributed by atoms with Gasteiger partial charge in [0, 0.05) is 39.0 Å². The third kappa shape index (κ3) is 3.89. The van der Waals surface area contributed by atoms with Gasteiger partial charge >= 0.3 is 0 Å². The van der Waals surface area contributed by atoms with E-state index in [2.05, 4.69) is 97.6 Å². The van der Waals surface area contributed by atoms with Crippen molar-refractivity contribution in [1.82, 2.24) is 5.32 Å². The number of halogens is 2. The Morgan fingerprint density at radius 3 is 2.89 bits per heavy atom. The summed E-state index contributed by atoms with van der Waals surface area (Å²) >= 11 is 7.28. The van der Waals surface area contributed by atoms with Crippen molar-refractivity contribution in [1.29, 1.82) is 0 Å². The Bertz CT molecular complexity index is 887. The first-order valence-corrected chi connectivity index (χ1v) is 11.5. The molecular weight excluding hydrogens is 480 g/mol. The van der Waals surface area contributed by atoms with Crippen LogP contribution in [0.3, 0.4) is 0 Å². The summed E-state index contributed by atoms with van der Waals surface area (Å²) in [6.45, 7) is 3.72. The zero-order valence-corrected chi connectivity index (χ0v) is 19.3. The SMILES string of the molecule is CC12CC=C(Br)C=C1c1cc(Br)ccc1N2CCC(O)CNC1=CCCC=C1. The van der Waals surface area contributed by atoms with E-state index in [0.717, 1.165) is 46.9 Å². The molecule has 2 atom stereocenters. The lowest BCUT2D eigenvalue weighted by Gasteiger charge is -2.39. The number of nitrogens with one attached hydrogen (secondary N) is 1. The zero-order valence-electron chi connectivity index (χ0n) is 16.1. The number of fused-ring (bicyclic) bond motifs is 3. The first-order chi connectivity index (χ1) is 13.5. The second-order valence-electron chi connectivity index (χ2n) is 7.90. The molecule has 2 N–H and O–H groups in total. The van der Waals surface area contributed by atoms with E-state index >= 15 is 0 Å². The van der Waals surface area contributed by atoms with Gasteiger partial charge in [-0.3, -0.25) is 0 Å². The van der Waals surface area contributed by atoms with Gasteiger partial charge in [-0.1, -0.05) is 50.1 Å². The molecule has 2 aliphatic carbocycles. The fourth-order valence-corrected chi connectivity index (χ4v) is 5.09. The highest BCUT2D eigenvalue weighted by Gasteiger charge is 2.44. The minimum atomic E-state index is -0.377. The Labute approximate surface area is 184 Å². The van der Waals surface area contributed by atoms with E-state index in [1.54, 1.807) is 0 Å². The van der Waals surface area contributed by atoms with Crippen LogP contribution < -0.4 is 10.2 Å². The fraction of sp³-hybridized carbons (Fsp3) is 0.391. The Kier molecular flexibility index (Phi) is 5.86. The smallest absolute Gasteiger partial charge is 0.0729 e. The lowest BCUT2D eigenvalue weighted by atomic mass is 9.83. The number of allylic oxidation sites excluding steroid dienone is 5. The molecule has 3 aliphatic rings. The van der Waals surface area contributed by atoms with E-state index in [1.807, 2.05) is 0 Å². The molecule has 0 bridgehead atoms. The van der Waals surface area contributed by atoms with Crippen molar-refractivity contribution in [2.45, 2.75) is 44.2 Å². The van der Waals surface area contributed by atoms with E-state index in [9.17, 15) is 5.11 Å². The summed E-state index contributed by atoms with van der Waals surface area (Å²) < 4.78 is 2.24. The van der Waals surface area contributed by atoms with Crippen molar-refractivity contribution in [2.24, 2.45) is 0 Å². The van der Waals surface area contributed by atoms with Gasteiger partial charge in [0.25, 0.3) is 0 Å². The van der Waals surface area contributed by atoms with E-state index in [-0.39, 0.29) is 11.6 Å². The second kappa shape index (κ2) is 8.21. The molecule has 2 unspecified atom stereocenters. The summed E-state index contributed by atoms with van der Waals surface area (Å²) in [5, 5.41) is 13.9. The molecule has 0 spiro atoms. The topological polar surface area (TPSA) is 35.5 Å². The molecule has 0 radical (unpaired) electrons. The zero-order chi connectivity index (χ0) is 19.7. The molecule has 0 amide bonds. The summed E-state index contributed by atoms with van der Waals surface area (Å²) in [7, 11) is 0. The monoisotopic (exact) mass is 504 g/mol. The number of aliphatic hydroxyl groups excluding tert-OH is 1. The molecule has 1 aliphatic heterocycles. The third-order valence-corrected chi connectivity index (χ3v) is 6.96. The Balaban J connectivity index is 1.47. The fourth-order valence-electron chi connectivity index (χ4n) is 4.33. The lowest BCUT2D eigenvalue weighted by molar-refractivity contribution is 0.166. The Morgan fingerprint density at radius 2 is 2.11 bits per heavy atom. The number of nitrogens with zero attached hydrogens (tertiary/aromatic N) is 1. The predicted octanol–water partition coefficient (Wildman–Crippen LogP) is 5.67. The van der Waals surface area contributed by atoms with E-state index in [1.165, 1.54) is 16.8 Å². The molecule has 0 saturated heterocycles. The van der Waals surface area contributed by atoms with Crippen molar-refractivity contribution < 1.29 is 5.11 Å². The van der Waals surface area contributed by atoms with Gasteiger partial charge in [-0.25, -0.2) is 0 Å². The molecule has 148 valence electrons. The standard InChI is InChI=1S/C23H26Br2N2O/c1-23-11-9-17(25)14-21(23)20-13-16(24)7-8-22(20)27(23)12-10-19(28)15-26-18-5-3-2-4-6-18/h3,5-9,13-14,19,26,28H,2,4,10-12,15H2,1H3. The summed E-state index contributed by atoms with van der Waals surface area (Å²) in [5.41, 5.74) is 4.95. The van der Waals surface area contributed by atoms with Crippen molar-refractivity contribution in [3.8, 4) is 0 Å². The first kappa shape index (κ1) is 20.0. The summed E-state index contributed by atoms with van der Waals surface area (Å²) in [5.74, 6) is 0. The van der Waals surface area contributed by atoms with Gasteiger partial charge in [-0.05, 0) is 68.5 Å². The molecule has 5 heteroatoms. The van der Waals surface area contributed by atoms with Crippen LogP contribution in [0.5, 0.6) is 0 Å². The molecule has 0 saturated carbocycles. The maximum Gasteiger partial charge on any atom is 0.0729 e. The molecule has 3 nitrogen and oxygen atoms in total. The average molecular weight is 506 g/mol. The maximum absolute atomic E-state index is 10.6. The van der Waals surface area contributed by atoms with Crippen LogP contribution in [0.2, 0.25) is 0 Å². The summed E-state index contributed by atoms with van der Waals surface area (Å²) in [6.07, 6.45) is 14.5. The number of hydrogen-bond donors (Lipinski definition) is 2. The summed E-state index contributed by atoms with van der Waals surface area (Å²) in [6, 6.07) is 6.51.